The summed E-state index contributed by atoms with van der Waals surface area (Å²) >= 11 is 11.8. The Hall–Kier alpha value is -2.04. The number of anilines is 2. The summed E-state index contributed by atoms with van der Waals surface area (Å²) in [5.41, 5.74) is 2.03. The van der Waals surface area contributed by atoms with E-state index in [1.54, 1.807) is 49.4 Å². The monoisotopic (exact) mass is 350 g/mol. The molecular weight excluding hydrogens is 335 g/mol. The third-order valence-corrected chi connectivity index (χ3v) is 3.84. The molecule has 0 spiro atoms. The van der Waals surface area contributed by atoms with E-state index in [0.717, 1.165) is 5.56 Å². The van der Waals surface area contributed by atoms with Crippen molar-refractivity contribution in [1.29, 1.82) is 0 Å². The third kappa shape index (κ3) is 5.27. The molecule has 0 bridgehead atoms. The maximum atomic E-state index is 12.1. The lowest BCUT2D eigenvalue weighted by Gasteiger charge is -2.09. The van der Waals surface area contributed by atoms with Gasteiger partial charge in [-0.2, -0.15) is 0 Å². The number of halogens is 2. The van der Waals surface area contributed by atoms with Crippen molar-refractivity contribution < 1.29 is 9.59 Å². The zero-order chi connectivity index (χ0) is 16.8. The fourth-order valence-electron chi connectivity index (χ4n) is 1.96. The first-order chi connectivity index (χ1) is 11.0. The van der Waals surface area contributed by atoms with Crippen LogP contribution in [0, 0.1) is 0 Å². The molecule has 4 nitrogen and oxygen atoms in total. The van der Waals surface area contributed by atoms with Crippen LogP contribution in [0.15, 0.2) is 42.5 Å². The Bertz CT molecular complexity index is 732. The molecule has 2 rings (SSSR count). The molecule has 0 radical (unpaired) electrons. The summed E-state index contributed by atoms with van der Waals surface area (Å²) in [7, 11) is 0. The van der Waals surface area contributed by atoms with Gasteiger partial charge in [-0.05, 0) is 35.9 Å². The van der Waals surface area contributed by atoms with Crippen molar-refractivity contribution in [3.8, 4) is 0 Å². The second-order valence-corrected chi connectivity index (χ2v) is 5.77. The topological polar surface area (TPSA) is 58.2 Å². The van der Waals surface area contributed by atoms with Crippen LogP contribution in [0.2, 0.25) is 10.0 Å². The van der Waals surface area contributed by atoms with E-state index in [0.29, 0.717) is 27.8 Å². The number of nitrogens with one attached hydrogen (secondary N) is 2. The van der Waals surface area contributed by atoms with Gasteiger partial charge in [-0.25, -0.2) is 0 Å². The minimum atomic E-state index is -0.178. The Labute approximate surface area is 144 Å². The lowest BCUT2D eigenvalue weighted by Crippen LogP contribution is -2.15. The molecule has 0 aliphatic rings. The van der Waals surface area contributed by atoms with E-state index in [4.69, 9.17) is 23.2 Å². The number of benzene rings is 2. The molecular formula is C17H16Cl2N2O2. The second-order valence-electron chi connectivity index (χ2n) is 4.96. The highest BCUT2D eigenvalue weighted by Crippen LogP contribution is 2.23. The highest BCUT2D eigenvalue weighted by Gasteiger charge is 2.07. The van der Waals surface area contributed by atoms with Crippen molar-refractivity contribution in [3.63, 3.8) is 0 Å². The van der Waals surface area contributed by atoms with Crippen molar-refractivity contribution in [2.75, 3.05) is 10.6 Å². The number of rotatable bonds is 5. The Balaban J connectivity index is 2.00. The second kappa shape index (κ2) is 7.99. The maximum absolute atomic E-state index is 12.1. The van der Waals surface area contributed by atoms with Crippen molar-refractivity contribution in [1.82, 2.24) is 0 Å². The Morgan fingerprint density at radius 3 is 2.17 bits per heavy atom. The van der Waals surface area contributed by atoms with Gasteiger partial charge in [0.15, 0.2) is 0 Å². The van der Waals surface area contributed by atoms with Gasteiger partial charge < -0.3 is 10.6 Å². The van der Waals surface area contributed by atoms with Crippen molar-refractivity contribution in [3.05, 3.63) is 58.1 Å². The van der Waals surface area contributed by atoms with Gasteiger partial charge >= 0.3 is 0 Å². The summed E-state index contributed by atoms with van der Waals surface area (Å²) in [6.45, 7) is 1.78. The summed E-state index contributed by atoms with van der Waals surface area (Å²) in [4.78, 5) is 23.5. The van der Waals surface area contributed by atoms with Crippen LogP contribution in [0.5, 0.6) is 0 Å². The van der Waals surface area contributed by atoms with E-state index in [1.165, 1.54) is 0 Å². The van der Waals surface area contributed by atoms with Gasteiger partial charge in [0.1, 0.15) is 0 Å². The number of hydrogen-bond acceptors (Lipinski definition) is 2. The molecule has 0 aliphatic carbocycles. The van der Waals surface area contributed by atoms with Crippen LogP contribution < -0.4 is 10.6 Å². The Morgan fingerprint density at radius 1 is 0.913 bits per heavy atom. The SMILES string of the molecule is CCC(=O)Nc1cccc(NC(=O)Cc2ccc(Cl)c(Cl)c2)c1. The summed E-state index contributed by atoms with van der Waals surface area (Å²) < 4.78 is 0. The summed E-state index contributed by atoms with van der Waals surface area (Å²) in [5, 5.41) is 6.41. The minimum absolute atomic E-state index is 0.0794. The zero-order valence-corrected chi connectivity index (χ0v) is 14.0. The van der Waals surface area contributed by atoms with Crippen LogP contribution in [0.3, 0.4) is 0 Å². The molecule has 0 unspecified atom stereocenters. The molecule has 0 saturated heterocycles. The van der Waals surface area contributed by atoms with Gasteiger partial charge in [0.05, 0.1) is 16.5 Å². The fourth-order valence-corrected chi connectivity index (χ4v) is 2.28. The molecule has 0 saturated carbocycles. The van der Waals surface area contributed by atoms with Crippen molar-refractivity contribution >= 4 is 46.4 Å². The maximum Gasteiger partial charge on any atom is 0.228 e. The molecule has 120 valence electrons. The minimum Gasteiger partial charge on any atom is -0.326 e. The van der Waals surface area contributed by atoms with Crippen LogP contribution in [-0.2, 0) is 16.0 Å². The number of hydrogen-bond donors (Lipinski definition) is 2. The number of amides is 2. The molecule has 2 N–H and O–H groups in total. The van der Waals surface area contributed by atoms with Gasteiger partial charge in [0, 0.05) is 17.8 Å². The van der Waals surface area contributed by atoms with Crippen LogP contribution >= 0.6 is 23.2 Å². The zero-order valence-electron chi connectivity index (χ0n) is 12.5. The molecule has 2 amide bonds. The molecule has 2 aromatic rings. The van der Waals surface area contributed by atoms with E-state index < -0.39 is 0 Å². The normalized spacial score (nSPS) is 10.2. The van der Waals surface area contributed by atoms with Crippen LogP contribution in [0.4, 0.5) is 11.4 Å². The highest BCUT2D eigenvalue weighted by molar-refractivity contribution is 6.42. The van der Waals surface area contributed by atoms with Gasteiger partial charge in [-0.1, -0.05) is 42.3 Å². The standard InChI is InChI=1S/C17H16Cl2N2O2/c1-2-16(22)20-12-4-3-5-13(10-12)21-17(23)9-11-6-7-14(18)15(19)8-11/h3-8,10H,2,9H2,1H3,(H,20,22)(H,21,23). The van der Waals surface area contributed by atoms with Gasteiger partial charge in [0.25, 0.3) is 0 Å². The van der Waals surface area contributed by atoms with E-state index in [2.05, 4.69) is 10.6 Å². The van der Waals surface area contributed by atoms with Gasteiger partial charge in [-0.15, -0.1) is 0 Å². The van der Waals surface area contributed by atoms with Gasteiger partial charge in [0.2, 0.25) is 11.8 Å². The first-order valence-electron chi connectivity index (χ1n) is 7.11. The first kappa shape index (κ1) is 17.3. The average Bonchev–Trinajstić information content (AvgIpc) is 2.51. The first-order valence-corrected chi connectivity index (χ1v) is 7.87. The third-order valence-electron chi connectivity index (χ3n) is 3.10. The predicted octanol–water partition coefficient (Wildman–Crippen LogP) is 4.52. The lowest BCUT2D eigenvalue weighted by molar-refractivity contribution is -0.116. The lowest BCUT2D eigenvalue weighted by atomic mass is 10.1. The van der Waals surface area contributed by atoms with E-state index in [-0.39, 0.29) is 18.2 Å². The molecule has 23 heavy (non-hydrogen) atoms. The average molecular weight is 351 g/mol. The predicted molar refractivity (Wildman–Crippen MR) is 94.2 cm³/mol. The van der Waals surface area contributed by atoms with Crippen molar-refractivity contribution in [2.45, 2.75) is 19.8 Å². The molecule has 0 heterocycles. The van der Waals surface area contributed by atoms with E-state index in [9.17, 15) is 9.59 Å². The Morgan fingerprint density at radius 2 is 1.57 bits per heavy atom. The van der Waals surface area contributed by atoms with Crippen LogP contribution in [0.25, 0.3) is 0 Å². The quantitative estimate of drug-likeness (QED) is 0.832. The summed E-state index contributed by atoms with van der Waals surface area (Å²) in [6, 6.07) is 12.1. The Kier molecular flexibility index (Phi) is 6.02. The largest absolute Gasteiger partial charge is 0.326 e. The van der Waals surface area contributed by atoms with E-state index in [1.807, 2.05) is 0 Å². The molecule has 6 heteroatoms. The highest BCUT2D eigenvalue weighted by atomic mass is 35.5. The summed E-state index contributed by atoms with van der Waals surface area (Å²) in [6.07, 6.45) is 0.580. The summed E-state index contributed by atoms with van der Waals surface area (Å²) in [5.74, 6) is -0.258. The molecule has 0 aliphatic heterocycles. The van der Waals surface area contributed by atoms with Crippen molar-refractivity contribution in [2.24, 2.45) is 0 Å². The molecule has 2 aromatic carbocycles. The molecule has 0 atom stereocenters. The van der Waals surface area contributed by atoms with Crippen LogP contribution in [-0.4, -0.2) is 11.8 Å². The number of carbonyl (C=O) groups is 2. The van der Waals surface area contributed by atoms with Crippen LogP contribution in [0.1, 0.15) is 18.9 Å². The fraction of sp³-hybridized carbons (Fsp3) is 0.176. The molecule has 0 aromatic heterocycles. The molecule has 0 fully saturated rings. The van der Waals surface area contributed by atoms with E-state index >= 15 is 0 Å². The smallest absolute Gasteiger partial charge is 0.228 e. The number of carbonyl (C=O) groups excluding carboxylic acids is 2. The van der Waals surface area contributed by atoms with Gasteiger partial charge in [-0.3, -0.25) is 9.59 Å².